The first-order valence-electron chi connectivity index (χ1n) is 9.94. The normalized spacial score (nSPS) is 10.3. The fraction of sp³-hybridized carbons (Fsp3) is 0.0417. The standard InChI is InChI=1S/C24H19N5O4/c1-33-24(32)18-14-12-17(13-15-18)22(30)26-27-23(31)20-25-21(16-8-4-2-5-9-16)29(28-20)19-10-6-3-7-11-19/h2-15H,1H3,(H,26,30)(H,27,31). The molecule has 0 saturated carbocycles. The highest BCUT2D eigenvalue weighted by Crippen LogP contribution is 2.20. The molecule has 0 saturated heterocycles. The summed E-state index contributed by atoms with van der Waals surface area (Å²) in [5, 5.41) is 4.34. The summed E-state index contributed by atoms with van der Waals surface area (Å²) in [6.07, 6.45) is 0. The van der Waals surface area contributed by atoms with E-state index in [4.69, 9.17) is 0 Å². The molecule has 0 aliphatic heterocycles. The second-order valence-electron chi connectivity index (χ2n) is 6.85. The zero-order chi connectivity index (χ0) is 23.2. The smallest absolute Gasteiger partial charge is 0.337 e. The number of esters is 1. The molecule has 0 aliphatic rings. The van der Waals surface area contributed by atoms with Crippen LogP contribution in [-0.4, -0.2) is 39.7 Å². The molecule has 1 aromatic heterocycles. The highest BCUT2D eigenvalue weighted by atomic mass is 16.5. The predicted molar refractivity (Wildman–Crippen MR) is 120 cm³/mol. The Labute approximate surface area is 189 Å². The van der Waals surface area contributed by atoms with E-state index < -0.39 is 17.8 Å². The Morgan fingerprint density at radius 2 is 1.33 bits per heavy atom. The van der Waals surface area contributed by atoms with Gasteiger partial charge in [-0.25, -0.2) is 14.5 Å². The number of ether oxygens (including phenoxy) is 1. The van der Waals surface area contributed by atoms with Crippen molar-refractivity contribution in [2.24, 2.45) is 0 Å². The summed E-state index contributed by atoms with van der Waals surface area (Å²) in [6, 6.07) is 24.4. The number of aromatic nitrogens is 3. The van der Waals surface area contributed by atoms with Gasteiger partial charge in [0.15, 0.2) is 5.82 Å². The van der Waals surface area contributed by atoms with Crippen molar-refractivity contribution in [2.45, 2.75) is 0 Å². The third kappa shape index (κ3) is 4.77. The summed E-state index contributed by atoms with van der Waals surface area (Å²) in [5.74, 6) is -1.38. The predicted octanol–water partition coefficient (Wildman–Crippen LogP) is 2.80. The van der Waals surface area contributed by atoms with E-state index >= 15 is 0 Å². The quantitative estimate of drug-likeness (QED) is 0.364. The van der Waals surface area contributed by atoms with Gasteiger partial charge in [-0.1, -0.05) is 48.5 Å². The highest BCUT2D eigenvalue weighted by Gasteiger charge is 2.19. The van der Waals surface area contributed by atoms with Crippen LogP contribution < -0.4 is 10.9 Å². The summed E-state index contributed by atoms with van der Waals surface area (Å²) in [4.78, 5) is 40.9. The van der Waals surface area contributed by atoms with Crippen molar-refractivity contribution in [1.29, 1.82) is 0 Å². The molecule has 9 nitrogen and oxygen atoms in total. The number of hydrogen-bond donors (Lipinski definition) is 2. The summed E-state index contributed by atoms with van der Waals surface area (Å²) in [5.41, 5.74) is 6.71. The monoisotopic (exact) mass is 441 g/mol. The van der Waals surface area contributed by atoms with Gasteiger partial charge in [0.1, 0.15) is 0 Å². The van der Waals surface area contributed by atoms with Gasteiger partial charge in [0.2, 0.25) is 5.82 Å². The van der Waals surface area contributed by atoms with Gasteiger partial charge < -0.3 is 4.74 Å². The minimum Gasteiger partial charge on any atom is -0.465 e. The number of nitrogens with one attached hydrogen (secondary N) is 2. The van der Waals surface area contributed by atoms with Gasteiger partial charge in [0, 0.05) is 11.1 Å². The number of para-hydroxylation sites is 1. The summed E-state index contributed by atoms with van der Waals surface area (Å²) in [6.45, 7) is 0. The second kappa shape index (κ2) is 9.56. The lowest BCUT2D eigenvalue weighted by molar-refractivity contribution is 0.0600. The molecular formula is C24H19N5O4. The molecule has 0 fully saturated rings. The first-order chi connectivity index (χ1) is 16.1. The average molecular weight is 441 g/mol. The minimum atomic E-state index is -0.679. The molecule has 2 amide bonds. The maximum absolute atomic E-state index is 12.7. The number of amides is 2. The maximum Gasteiger partial charge on any atom is 0.337 e. The Balaban J connectivity index is 1.52. The number of carbonyl (C=O) groups excluding carboxylic acids is 3. The highest BCUT2D eigenvalue weighted by molar-refractivity contribution is 5.98. The Morgan fingerprint density at radius 1 is 0.758 bits per heavy atom. The summed E-state index contributed by atoms with van der Waals surface area (Å²) < 4.78 is 6.19. The van der Waals surface area contributed by atoms with Crippen molar-refractivity contribution in [2.75, 3.05) is 7.11 Å². The lowest BCUT2D eigenvalue weighted by Crippen LogP contribution is -2.42. The molecule has 0 spiro atoms. The molecule has 0 aliphatic carbocycles. The SMILES string of the molecule is COC(=O)c1ccc(C(=O)NNC(=O)c2nc(-c3ccccc3)n(-c3ccccc3)n2)cc1. The van der Waals surface area contributed by atoms with Crippen molar-refractivity contribution in [3.05, 3.63) is 102 Å². The Morgan fingerprint density at radius 3 is 1.97 bits per heavy atom. The fourth-order valence-corrected chi connectivity index (χ4v) is 3.05. The molecule has 1 heterocycles. The van der Waals surface area contributed by atoms with E-state index in [0.717, 1.165) is 11.3 Å². The van der Waals surface area contributed by atoms with Crippen LogP contribution in [0.15, 0.2) is 84.9 Å². The average Bonchev–Trinajstić information content (AvgIpc) is 3.33. The first kappa shape index (κ1) is 21.4. The molecule has 9 heteroatoms. The van der Waals surface area contributed by atoms with Crippen LogP contribution in [0.5, 0.6) is 0 Å². The number of carbonyl (C=O) groups is 3. The van der Waals surface area contributed by atoms with Crippen LogP contribution in [0.3, 0.4) is 0 Å². The lowest BCUT2D eigenvalue weighted by atomic mass is 10.1. The van der Waals surface area contributed by atoms with Gasteiger partial charge in [0.25, 0.3) is 5.91 Å². The topological polar surface area (TPSA) is 115 Å². The first-order valence-corrected chi connectivity index (χ1v) is 9.94. The third-order valence-electron chi connectivity index (χ3n) is 4.70. The number of benzene rings is 3. The van der Waals surface area contributed by atoms with Crippen molar-refractivity contribution < 1.29 is 19.1 Å². The number of hydrazine groups is 1. The van der Waals surface area contributed by atoms with E-state index in [1.54, 1.807) is 4.68 Å². The molecule has 4 rings (SSSR count). The van der Waals surface area contributed by atoms with Gasteiger partial charge in [-0.2, -0.15) is 0 Å². The molecule has 33 heavy (non-hydrogen) atoms. The van der Waals surface area contributed by atoms with Crippen LogP contribution in [0.2, 0.25) is 0 Å². The number of hydrogen-bond acceptors (Lipinski definition) is 6. The molecule has 0 atom stereocenters. The van der Waals surface area contributed by atoms with Gasteiger partial charge in [0.05, 0.1) is 18.4 Å². The summed E-state index contributed by atoms with van der Waals surface area (Å²) in [7, 11) is 1.27. The van der Waals surface area contributed by atoms with Crippen molar-refractivity contribution in [1.82, 2.24) is 25.6 Å². The van der Waals surface area contributed by atoms with Crippen LogP contribution in [-0.2, 0) is 4.74 Å². The zero-order valence-electron chi connectivity index (χ0n) is 17.6. The number of nitrogens with zero attached hydrogens (tertiary/aromatic N) is 3. The van der Waals surface area contributed by atoms with E-state index in [0.29, 0.717) is 11.4 Å². The van der Waals surface area contributed by atoms with Gasteiger partial charge in [-0.15, -0.1) is 5.10 Å². The summed E-state index contributed by atoms with van der Waals surface area (Å²) >= 11 is 0. The number of rotatable bonds is 5. The maximum atomic E-state index is 12.7. The molecule has 0 bridgehead atoms. The van der Waals surface area contributed by atoms with E-state index in [1.807, 2.05) is 60.7 Å². The Kier molecular flexibility index (Phi) is 6.21. The van der Waals surface area contributed by atoms with Crippen LogP contribution in [0.4, 0.5) is 0 Å². The molecule has 0 radical (unpaired) electrons. The third-order valence-corrected chi connectivity index (χ3v) is 4.70. The van der Waals surface area contributed by atoms with Gasteiger partial charge in [-0.05, 0) is 36.4 Å². The van der Waals surface area contributed by atoms with Crippen molar-refractivity contribution in [3.8, 4) is 17.1 Å². The second-order valence-corrected chi connectivity index (χ2v) is 6.85. The fourth-order valence-electron chi connectivity index (χ4n) is 3.05. The van der Waals surface area contributed by atoms with Crippen molar-refractivity contribution in [3.63, 3.8) is 0 Å². The van der Waals surface area contributed by atoms with E-state index in [2.05, 4.69) is 25.7 Å². The van der Waals surface area contributed by atoms with Crippen LogP contribution in [0.1, 0.15) is 31.3 Å². The van der Waals surface area contributed by atoms with Crippen LogP contribution in [0, 0.1) is 0 Å². The molecule has 4 aromatic rings. The number of methoxy groups -OCH3 is 1. The van der Waals surface area contributed by atoms with Gasteiger partial charge in [-0.3, -0.25) is 20.4 Å². The minimum absolute atomic E-state index is 0.112. The Bertz CT molecular complexity index is 1230. The van der Waals surface area contributed by atoms with Crippen molar-refractivity contribution >= 4 is 17.8 Å². The lowest BCUT2D eigenvalue weighted by Gasteiger charge is -2.06. The van der Waals surface area contributed by atoms with E-state index in [9.17, 15) is 14.4 Å². The molecular weight excluding hydrogens is 422 g/mol. The molecule has 3 aromatic carbocycles. The Hall–Kier alpha value is -4.79. The molecule has 2 N–H and O–H groups in total. The van der Waals surface area contributed by atoms with E-state index in [-0.39, 0.29) is 11.4 Å². The van der Waals surface area contributed by atoms with Gasteiger partial charge >= 0.3 is 11.9 Å². The molecule has 0 unspecified atom stereocenters. The van der Waals surface area contributed by atoms with Crippen LogP contribution >= 0.6 is 0 Å². The molecule has 164 valence electrons. The largest absolute Gasteiger partial charge is 0.465 e. The zero-order valence-corrected chi connectivity index (χ0v) is 17.6. The van der Waals surface area contributed by atoms with E-state index in [1.165, 1.54) is 31.4 Å². The van der Waals surface area contributed by atoms with Crippen LogP contribution in [0.25, 0.3) is 17.1 Å².